The second kappa shape index (κ2) is 7.59. The summed E-state index contributed by atoms with van der Waals surface area (Å²) in [6.45, 7) is 4.76. The predicted molar refractivity (Wildman–Crippen MR) is 92.9 cm³/mol. The van der Waals surface area contributed by atoms with E-state index in [1.54, 1.807) is 18.2 Å². The topological polar surface area (TPSA) is 73.6 Å². The third-order valence-corrected chi connectivity index (χ3v) is 4.37. The van der Waals surface area contributed by atoms with Gasteiger partial charge in [0.25, 0.3) is 0 Å². The van der Waals surface area contributed by atoms with E-state index in [9.17, 15) is 10.0 Å². The quantitative estimate of drug-likeness (QED) is 0.494. The van der Waals surface area contributed by atoms with Crippen LogP contribution in [0.15, 0.2) is 18.2 Å². The molecule has 2 aromatic rings. The van der Waals surface area contributed by atoms with Crippen LogP contribution in [-0.2, 0) is 12.8 Å². The Labute approximate surface area is 147 Å². The Morgan fingerprint density at radius 1 is 1.12 bits per heavy atom. The summed E-state index contributed by atoms with van der Waals surface area (Å²) in [5, 5.41) is 10.4. The van der Waals surface area contributed by atoms with Gasteiger partial charge in [-0.25, -0.2) is 4.98 Å². The molecule has 0 amide bonds. The molecule has 0 atom stereocenters. The highest BCUT2D eigenvalue weighted by Gasteiger charge is 2.24. The molecule has 6 nitrogen and oxygen atoms in total. The molecule has 0 saturated heterocycles. The van der Waals surface area contributed by atoms with E-state index >= 15 is 0 Å². The third kappa shape index (κ3) is 3.48. The van der Waals surface area contributed by atoms with Crippen LogP contribution in [0.25, 0.3) is 0 Å². The standard InChI is InChI=1S/C19H24N2O4/c1-3-24-16-11-10-13(12-17(16)25-4-2)18(22)19-20-14-8-6-5-7-9-15(14)21(19)23/h10-12,23H,3-9H2,1-2H3. The molecule has 0 bridgehead atoms. The van der Waals surface area contributed by atoms with Gasteiger partial charge >= 0.3 is 0 Å². The van der Waals surface area contributed by atoms with Gasteiger partial charge in [0.2, 0.25) is 11.6 Å². The Morgan fingerprint density at radius 3 is 2.60 bits per heavy atom. The molecule has 0 aliphatic heterocycles. The Hall–Kier alpha value is -2.50. The highest BCUT2D eigenvalue weighted by atomic mass is 16.5. The Kier molecular flexibility index (Phi) is 5.26. The number of fused-ring (bicyclic) bond motifs is 1. The Bertz CT molecular complexity index is 767. The van der Waals surface area contributed by atoms with E-state index in [1.165, 1.54) is 0 Å². The highest BCUT2D eigenvalue weighted by Crippen LogP contribution is 2.30. The van der Waals surface area contributed by atoms with Crippen molar-refractivity contribution in [3.63, 3.8) is 0 Å². The summed E-state index contributed by atoms with van der Waals surface area (Å²) >= 11 is 0. The zero-order valence-electron chi connectivity index (χ0n) is 14.7. The van der Waals surface area contributed by atoms with Gasteiger partial charge in [-0.05, 0) is 57.7 Å². The van der Waals surface area contributed by atoms with Crippen LogP contribution in [0, 0.1) is 0 Å². The summed E-state index contributed by atoms with van der Waals surface area (Å²) < 4.78 is 12.1. The number of carbonyl (C=O) groups excluding carboxylic acids is 1. The monoisotopic (exact) mass is 344 g/mol. The number of aryl methyl sites for hydroxylation is 1. The second-order valence-electron chi connectivity index (χ2n) is 6.06. The van der Waals surface area contributed by atoms with Crippen LogP contribution in [0.5, 0.6) is 11.5 Å². The molecule has 1 aliphatic rings. The summed E-state index contributed by atoms with van der Waals surface area (Å²) in [7, 11) is 0. The van der Waals surface area contributed by atoms with E-state index in [0.717, 1.165) is 48.2 Å². The van der Waals surface area contributed by atoms with Crippen molar-refractivity contribution in [2.45, 2.75) is 46.0 Å². The first kappa shape index (κ1) is 17.3. The molecule has 1 aliphatic carbocycles. The number of aromatic nitrogens is 2. The molecule has 1 N–H and O–H groups in total. The second-order valence-corrected chi connectivity index (χ2v) is 6.06. The SMILES string of the molecule is CCOc1ccc(C(=O)c2nc3c(n2O)CCCCC3)cc1OCC. The van der Waals surface area contributed by atoms with Crippen LogP contribution in [0.2, 0.25) is 0 Å². The molecule has 0 radical (unpaired) electrons. The lowest BCUT2D eigenvalue weighted by Crippen LogP contribution is -2.12. The van der Waals surface area contributed by atoms with Gasteiger partial charge in [0.1, 0.15) is 0 Å². The molecule has 1 heterocycles. The maximum Gasteiger partial charge on any atom is 0.231 e. The van der Waals surface area contributed by atoms with E-state index in [4.69, 9.17) is 9.47 Å². The zero-order valence-corrected chi connectivity index (χ0v) is 14.7. The van der Waals surface area contributed by atoms with Crippen molar-refractivity contribution < 1.29 is 19.5 Å². The largest absolute Gasteiger partial charge is 0.490 e. The van der Waals surface area contributed by atoms with Gasteiger partial charge < -0.3 is 14.7 Å². The summed E-state index contributed by atoms with van der Waals surface area (Å²) in [5.41, 5.74) is 2.01. The van der Waals surface area contributed by atoms with Gasteiger partial charge in [-0.1, -0.05) is 6.42 Å². The van der Waals surface area contributed by atoms with Gasteiger partial charge in [-0.3, -0.25) is 4.79 Å². The lowest BCUT2D eigenvalue weighted by Gasteiger charge is -2.12. The van der Waals surface area contributed by atoms with Crippen LogP contribution in [-0.4, -0.2) is 33.9 Å². The molecule has 6 heteroatoms. The fourth-order valence-corrected chi connectivity index (χ4v) is 3.17. The lowest BCUT2D eigenvalue weighted by molar-refractivity contribution is 0.0970. The zero-order chi connectivity index (χ0) is 17.8. The average Bonchev–Trinajstić information content (AvgIpc) is 2.78. The molecular weight excluding hydrogens is 320 g/mol. The van der Waals surface area contributed by atoms with Crippen molar-refractivity contribution in [1.29, 1.82) is 0 Å². The molecule has 134 valence electrons. The minimum Gasteiger partial charge on any atom is -0.490 e. The number of ether oxygens (including phenoxy) is 2. The molecule has 0 spiro atoms. The van der Waals surface area contributed by atoms with E-state index in [2.05, 4.69) is 4.98 Å². The Balaban J connectivity index is 1.94. The molecule has 25 heavy (non-hydrogen) atoms. The first-order chi connectivity index (χ1) is 12.2. The predicted octanol–water partition coefficient (Wildman–Crippen LogP) is 3.42. The minimum absolute atomic E-state index is 0.0681. The van der Waals surface area contributed by atoms with Crippen molar-refractivity contribution in [2.24, 2.45) is 0 Å². The van der Waals surface area contributed by atoms with Gasteiger partial charge in [0.15, 0.2) is 11.5 Å². The molecule has 3 rings (SSSR count). The van der Waals surface area contributed by atoms with Crippen molar-refractivity contribution >= 4 is 5.78 Å². The average molecular weight is 344 g/mol. The number of imidazole rings is 1. The van der Waals surface area contributed by atoms with Crippen molar-refractivity contribution in [3.05, 3.63) is 41.0 Å². The maximum atomic E-state index is 12.9. The molecule has 0 fully saturated rings. The fourth-order valence-electron chi connectivity index (χ4n) is 3.17. The number of nitrogens with zero attached hydrogens (tertiary/aromatic N) is 2. The van der Waals surface area contributed by atoms with Crippen LogP contribution >= 0.6 is 0 Å². The lowest BCUT2D eigenvalue weighted by atomic mass is 10.1. The van der Waals surface area contributed by atoms with Crippen molar-refractivity contribution in [1.82, 2.24) is 9.71 Å². The normalized spacial score (nSPS) is 13.8. The third-order valence-electron chi connectivity index (χ3n) is 4.37. The molecular formula is C19H24N2O4. The van der Waals surface area contributed by atoms with Crippen molar-refractivity contribution in [2.75, 3.05) is 13.2 Å². The van der Waals surface area contributed by atoms with E-state index in [0.29, 0.717) is 30.3 Å². The van der Waals surface area contributed by atoms with E-state index < -0.39 is 0 Å². The van der Waals surface area contributed by atoms with Crippen LogP contribution < -0.4 is 9.47 Å². The molecule has 1 aromatic carbocycles. The highest BCUT2D eigenvalue weighted by molar-refractivity contribution is 6.07. The van der Waals surface area contributed by atoms with Crippen molar-refractivity contribution in [3.8, 4) is 11.5 Å². The number of benzene rings is 1. The van der Waals surface area contributed by atoms with Crippen LogP contribution in [0.4, 0.5) is 0 Å². The smallest absolute Gasteiger partial charge is 0.231 e. The molecule has 0 saturated carbocycles. The number of hydrogen-bond donors (Lipinski definition) is 1. The fraction of sp³-hybridized carbons (Fsp3) is 0.474. The number of rotatable bonds is 6. The van der Waals surface area contributed by atoms with Gasteiger partial charge in [0, 0.05) is 5.56 Å². The van der Waals surface area contributed by atoms with Gasteiger partial charge in [-0.2, -0.15) is 4.73 Å². The number of ketones is 1. The summed E-state index contributed by atoms with van der Waals surface area (Å²) in [4.78, 5) is 17.3. The summed E-state index contributed by atoms with van der Waals surface area (Å²) in [6, 6.07) is 5.05. The first-order valence-corrected chi connectivity index (χ1v) is 8.89. The maximum absolute atomic E-state index is 12.9. The minimum atomic E-state index is -0.320. The van der Waals surface area contributed by atoms with Crippen LogP contribution in [0.3, 0.4) is 0 Å². The first-order valence-electron chi connectivity index (χ1n) is 8.89. The number of carbonyl (C=O) groups is 1. The van der Waals surface area contributed by atoms with E-state index in [-0.39, 0.29) is 11.6 Å². The number of hydrogen-bond acceptors (Lipinski definition) is 5. The molecule has 1 aromatic heterocycles. The summed E-state index contributed by atoms with van der Waals surface area (Å²) in [5.74, 6) is 0.870. The van der Waals surface area contributed by atoms with E-state index in [1.807, 2.05) is 13.8 Å². The van der Waals surface area contributed by atoms with Crippen LogP contribution in [0.1, 0.15) is 60.7 Å². The molecule has 0 unspecified atom stereocenters. The summed E-state index contributed by atoms with van der Waals surface area (Å²) in [6.07, 6.45) is 4.71. The van der Waals surface area contributed by atoms with Gasteiger partial charge in [-0.15, -0.1) is 0 Å². The Morgan fingerprint density at radius 2 is 1.84 bits per heavy atom. The van der Waals surface area contributed by atoms with Gasteiger partial charge in [0.05, 0.1) is 24.6 Å².